The molecule has 0 unspecified atom stereocenters. The number of nitrogens with zero attached hydrogens (tertiary/aromatic N) is 3. The van der Waals surface area contributed by atoms with E-state index in [1.54, 1.807) is 11.8 Å². The minimum absolute atomic E-state index is 0.0297. The Morgan fingerprint density at radius 2 is 1.88 bits per heavy atom. The van der Waals surface area contributed by atoms with Gasteiger partial charge in [-0.3, -0.25) is 14.7 Å². The van der Waals surface area contributed by atoms with E-state index >= 15 is 0 Å². The number of likely N-dealkylation sites (tertiary alicyclic amines) is 1. The van der Waals surface area contributed by atoms with Gasteiger partial charge in [0.2, 0.25) is 0 Å². The van der Waals surface area contributed by atoms with Crippen LogP contribution in [0.2, 0.25) is 0 Å². The Bertz CT molecular complexity index is 1650. The van der Waals surface area contributed by atoms with Gasteiger partial charge in [0.1, 0.15) is 23.1 Å². The van der Waals surface area contributed by atoms with Crippen LogP contribution in [0.4, 0.5) is 25.1 Å². The molecule has 41 heavy (non-hydrogen) atoms. The van der Waals surface area contributed by atoms with Crippen LogP contribution >= 0.6 is 0 Å². The number of imidazole rings is 1. The Morgan fingerprint density at radius 1 is 1.10 bits per heavy atom. The van der Waals surface area contributed by atoms with Crippen LogP contribution in [-0.2, 0) is 0 Å². The van der Waals surface area contributed by atoms with E-state index in [0.29, 0.717) is 24.5 Å². The van der Waals surface area contributed by atoms with Crippen LogP contribution in [0.15, 0.2) is 65.6 Å². The molecule has 1 aliphatic heterocycles. The van der Waals surface area contributed by atoms with E-state index in [4.69, 9.17) is 10.5 Å². The molecule has 3 heterocycles. The molecular weight excluding hydrogens is 536 g/mol. The van der Waals surface area contributed by atoms with E-state index in [1.165, 1.54) is 59.3 Å². The number of carbonyl (C=O) groups is 2. The molecule has 0 aliphatic carbocycles. The zero-order valence-electron chi connectivity index (χ0n) is 22.0. The third kappa shape index (κ3) is 6.25. The maximum atomic E-state index is 14.9. The predicted octanol–water partition coefficient (Wildman–Crippen LogP) is 4.15. The number of amides is 3. The van der Waals surface area contributed by atoms with E-state index in [9.17, 15) is 23.2 Å². The van der Waals surface area contributed by atoms with Crippen molar-refractivity contribution >= 4 is 23.4 Å². The SMILES string of the molecule is Cc1c(C(=O)Nc2ccc(Oc3ccnc(NC(=O)N4CCC[C@@H](N)C4)c3)c(F)c2)[nH]c(=O)n1-c1ccc(F)cc1. The van der Waals surface area contributed by atoms with Crippen LogP contribution in [0, 0.1) is 18.6 Å². The number of aromatic nitrogens is 3. The summed E-state index contributed by atoms with van der Waals surface area (Å²) in [6.45, 7) is 2.60. The molecule has 2 aromatic carbocycles. The number of anilines is 2. The largest absolute Gasteiger partial charge is 0.454 e. The summed E-state index contributed by atoms with van der Waals surface area (Å²) in [4.78, 5) is 46.1. The molecule has 212 valence electrons. The van der Waals surface area contributed by atoms with Gasteiger partial charge in [-0.15, -0.1) is 0 Å². The smallest absolute Gasteiger partial charge is 0.330 e. The number of piperidine rings is 1. The molecule has 0 saturated carbocycles. The molecule has 0 radical (unpaired) electrons. The van der Waals surface area contributed by atoms with Gasteiger partial charge in [0.15, 0.2) is 11.6 Å². The van der Waals surface area contributed by atoms with Crippen molar-refractivity contribution in [3.63, 3.8) is 0 Å². The molecule has 13 heteroatoms. The van der Waals surface area contributed by atoms with Gasteiger partial charge in [-0.2, -0.15) is 0 Å². The molecule has 2 aromatic heterocycles. The zero-order chi connectivity index (χ0) is 29.1. The van der Waals surface area contributed by atoms with Gasteiger partial charge in [-0.25, -0.2) is 23.4 Å². The van der Waals surface area contributed by atoms with Crippen molar-refractivity contribution in [3.8, 4) is 17.2 Å². The molecule has 0 spiro atoms. The summed E-state index contributed by atoms with van der Waals surface area (Å²) in [5, 5.41) is 5.25. The summed E-state index contributed by atoms with van der Waals surface area (Å²) >= 11 is 0. The van der Waals surface area contributed by atoms with Crippen molar-refractivity contribution in [2.24, 2.45) is 5.73 Å². The Morgan fingerprint density at radius 3 is 2.61 bits per heavy atom. The highest BCUT2D eigenvalue weighted by Crippen LogP contribution is 2.28. The van der Waals surface area contributed by atoms with Crippen LogP contribution in [0.1, 0.15) is 29.0 Å². The maximum Gasteiger partial charge on any atom is 0.330 e. The summed E-state index contributed by atoms with van der Waals surface area (Å²) in [5.74, 6) is -1.55. The fourth-order valence-electron chi connectivity index (χ4n) is 4.55. The third-order valence-electron chi connectivity index (χ3n) is 6.57. The number of aromatic amines is 1. The summed E-state index contributed by atoms with van der Waals surface area (Å²) in [7, 11) is 0. The second-order valence-electron chi connectivity index (χ2n) is 9.56. The second-order valence-corrected chi connectivity index (χ2v) is 9.56. The predicted molar refractivity (Wildman–Crippen MR) is 148 cm³/mol. The number of hydrogen-bond acceptors (Lipinski definition) is 6. The fraction of sp³-hybridized carbons (Fsp3) is 0.214. The average Bonchev–Trinajstić information content (AvgIpc) is 3.24. The van der Waals surface area contributed by atoms with E-state index in [1.807, 2.05) is 0 Å². The second kappa shape index (κ2) is 11.6. The normalized spacial score (nSPS) is 14.9. The number of ether oxygens (including phenoxy) is 1. The Kier molecular flexibility index (Phi) is 7.79. The molecule has 0 bridgehead atoms. The third-order valence-corrected chi connectivity index (χ3v) is 6.57. The maximum absolute atomic E-state index is 14.9. The Labute approximate surface area is 233 Å². The molecule has 11 nitrogen and oxygen atoms in total. The number of rotatable bonds is 6. The number of hydrogen-bond donors (Lipinski definition) is 4. The lowest BCUT2D eigenvalue weighted by Crippen LogP contribution is -2.47. The van der Waals surface area contributed by atoms with Crippen LogP contribution in [-0.4, -0.2) is 50.5 Å². The van der Waals surface area contributed by atoms with Crippen LogP contribution in [0.25, 0.3) is 5.69 Å². The highest BCUT2D eigenvalue weighted by atomic mass is 19.1. The van der Waals surface area contributed by atoms with Gasteiger partial charge in [0.05, 0.1) is 11.4 Å². The molecule has 1 aliphatic rings. The number of nitrogens with two attached hydrogens (primary N) is 1. The number of pyridine rings is 1. The lowest BCUT2D eigenvalue weighted by molar-refractivity contribution is 0.102. The molecule has 5 N–H and O–H groups in total. The Balaban J connectivity index is 1.25. The minimum Gasteiger partial charge on any atom is -0.454 e. The van der Waals surface area contributed by atoms with Gasteiger partial charge in [0, 0.05) is 43.1 Å². The van der Waals surface area contributed by atoms with Crippen LogP contribution in [0.3, 0.4) is 0 Å². The summed E-state index contributed by atoms with van der Waals surface area (Å²) < 4.78 is 35.1. The number of carbonyl (C=O) groups excluding carboxylic acids is 2. The lowest BCUT2D eigenvalue weighted by Gasteiger charge is -2.30. The van der Waals surface area contributed by atoms with Gasteiger partial charge in [-0.1, -0.05) is 0 Å². The van der Waals surface area contributed by atoms with Crippen molar-refractivity contribution in [2.75, 3.05) is 23.7 Å². The summed E-state index contributed by atoms with van der Waals surface area (Å²) in [6, 6.07) is 11.6. The number of halogens is 2. The van der Waals surface area contributed by atoms with Crippen molar-refractivity contribution in [1.82, 2.24) is 19.4 Å². The minimum atomic E-state index is -0.762. The fourth-order valence-corrected chi connectivity index (χ4v) is 4.55. The molecular formula is C28H27F2N7O4. The summed E-state index contributed by atoms with van der Waals surface area (Å²) in [6.07, 6.45) is 3.10. The number of benzene rings is 2. The summed E-state index contributed by atoms with van der Waals surface area (Å²) in [5.41, 5.74) is 6.13. The van der Waals surface area contributed by atoms with Crippen molar-refractivity contribution in [1.29, 1.82) is 0 Å². The standard InChI is InChI=1S/C28H27F2N7O4/c1-16-25(35-28(40)37(16)20-7-4-17(29)5-8-20)26(38)33-19-6-9-23(22(30)13-19)41-21-10-11-32-24(14-21)34-27(39)36-12-2-3-18(31)15-36/h4-11,13-14,18H,2-3,12,15,31H2,1H3,(H,33,38)(H,35,40)(H,32,34,39)/t18-/m1/s1. The molecule has 4 aromatic rings. The van der Waals surface area contributed by atoms with E-state index in [-0.39, 0.29) is 40.8 Å². The van der Waals surface area contributed by atoms with Crippen LogP contribution < -0.4 is 26.8 Å². The van der Waals surface area contributed by atoms with E-state index < -0.39 is 23.2 Å². The molecule has 1 fully saturated rings. The monoisotopic (exact) mass is 563 g/mol. The Hall–Kier alpha value is -5.04. The van der Waals surface area contributed by atoms with Gasteiger partial charge < -0.3 is 25.7 Å². The van der Waals surface area contributed by atoms with Gasteiger partial charge in [-0.05, 0) is 62.2 Å². The first-order chi connectivity index (χ1) is 19.7. The van der Waals surface area contributed by atoms with E-state index in [0.717, 1.165) is 18.9 Å². The average molecular weight is 564 g/mol. The highest BCUT2D eigenvalue weighted by Gasteiger charge is 2.22. The van der Waals surface area contributed by atoms with Crippen molar-refractivity contribution in [2.45, 2.75) is 25.8 Å². The zero-order valence-corrected chi connectivity index (χ0v) is 22.0. The van der Waals surface area contributed by atoms with Crippen molar-refractivity contribution < 1.29 is 23.1 Å². The molecule has 1 saturated heterocycles. The molecule has 1 atom stereocenters. The van der Waals surface area contributed by atoms with Crippen LogP contribution in [0.5, 0.6) is 11.5 Å². The lowest BCUT2D eigenvalue weighted by atomic mass is 10.1. The van der Waals surface area contributed by atoms with E-state index in [2.05, 4.69) is 20.6 Å². The van der Waals surface area contributed by atoms with Crippen molar-refractivity contribution in [3.05, 3.63) is 94.3 Å². The number of urea groups is 1. The number of H-pyrrole nitrogens is 1. The molecule has 3 amide bonds. The molecule has 5 rings (SSSR count). The van der Waals surface area contributed by atoms with Gasteiger partial charge in [0.25, 0.3) is 5.91 Å². The topological polar surface area (TPSA) is 147 Å². The van der Waals surface area contributed by atoms with Gasteiger partial charge >= 0.3 is 11.7 Å². The first kappa shape index (κ1) is 27.5. The quantitative estimate of drug-likeness (QED) is 0.277. The first-order valence-corrected chi connectivity index (χ1v) is 12.8. The first-order valence-electron chi connectivity index (χ1n) is 12.8. The number of nitrogens with one attached hydrogen (secondary N) is 3. The highest BCUT2D eigenvalue weighted by molar-refractivity contribution is 6.03.